The predicted molar refractivity (Wildman–Crippen MR) is 102 cm³/mol. The van der Waals surface area contributed by atoms with Crippen LogP contribution >= 0.6 is 12.2 Å². The zero-order chi connectivity index (χ0) is 18.9. The lowest BCUT2D eigenvalue weighted by Gasteiger charge is -2.18. The Labute approximate surface area is 156 Å². The number of hydrazine groups is 1. The number of para-hydroxylation sites is 1. The fourth-order valence-corrected chi connectivity index (χ4v) is 2.42. The van der Waals surface area contributed by atoms with Crippen LogP contribution < -0.4 is 21.5 Å². The highest BCUT2D eigenvalue weighted by Crippen LogP contribution is 2.16. The van der Waals surface area contributed by atoms with E-state index in [0.717, 1.165) is 5.56 Å². The third kappa shape index (κ3) is 6.14. The highest BCUT2D eigenvalue weighted by Gasteiger charge is 2.17. The Morgan fingerprint density at radius 2 is 1.69 bits per heavy atom. The summed E-state index contributed by atoms with van der Waals surface area (Å²) < 4.78 is 13.6. The lowest BCUT2D eigenvalue weighted by molar-refractivity contribution is -0.123. The van der Waals surface area contributed by atoms with E-state index >= 15 is 0 Å². The Bertz CT molecular complexity index is 786. The molecule has 0 unspecified atom stereocenters. The van der Waals surface area contributed by atoms with Gasteiger partial charge in [-0.25, -0.2) is 4.39 Å². The average molecular weight is 374 g/mol. The second-order valence-electron chi connectivity index (χ2n) is 5.48. The Morgan fingerprint density at radius 1 is 1.04 bits per heavy atom. The van der Waals surface area contributed by atoms with Crippen LogP contribution in [-0.2, 0) is 9.59 Å². The third-order valence-corrected chi connectivity index (χ3v) is 3.61. The number of thiocarbonyl (C=S) groups is 1. The zero-order valence-corrected chi connectivity index (χ0v) is 14.9. The van der Waals surface area contributed by atoms with Crippen molar-refractivity contribution in [3.63, 3.8) is 0 Å². The molecule has 0 fully saturated rings. The van der Waals surface area contributed by atoms with Gasteiger partial charge in [0, 0.05) is 6.92 Å². The van der Waals surface area contributed by atoms with Gasteiger partial charge in [0.15, 0.2) is 5.11 Å². The summed E-state index contributed by atoms with van der Waals surface area (Å²) in [5.74, 6) is -1.08. The number of amides is 2. The molecule has 1 atom stereocenters. The number of rotatable bonds is 5. The molecule has 0 aromatic heterocycles. The van der Waals surface area contributed by atoms with Gasteiger partial charge in [0.1, 0.15) is 5.82 Å². The monoisotopic (exact) mass is 374 g/mol. The number of hydrogen-bond acceptors (Lipinski definition) is 3. The third-order valence-electron chi connectivity index (χ3n) is 3.41. The number of hydrogen-bond donors (Lipinski definition) is 4. The Kier molecular flexibility index (Phi) is 7.04. The van der Waals surface area contributed by atoms with Crippen LogP contribution in [-0.4, -0.2) is 16.9 Å². The largest absolute Gasteiger partial charge is 0.349 e. The van der Waals surface area contributed by atoms with E-state index in [1.165, 1.54) is 19.1 Å². The fourth-order valence-electron chi connectivity index (χ4n) is 2.26. The molecule has 2 aromatic rings. The first-order valence-electron chi connectivity index (χ1n) is 7.88. The van der Waals surface area contributed by atoms with Gasteiger partial charge in [0.25, 0.3) is 0 Å². The van der Waals surface area contributed by atoms with Gasteiger partial charge < -0.3 is 10.6 Å². The molecule has 2 amide bonds. The van der Waals surface area contributed by atoms with Crippen molar-refractivity contribution in [1.82, 2.24) is 16.2 Å². The molecule has 0 spiro atoms. The summed E-state index contributed by atoms with van der Waals surface area (Å²) in [4.78, 5) is 23.5. The summed E-state index contributed by atoms with van der Waals surface area (Å²) in [6.07, 6.45) is 0.0128. The first-order chi connectivity index (χ1) is 12.5. The fraction of sp³-hybridized carbons (Fsp3) is 0.167. The van der Waals surface area contributed by atoms with Crippen LogP contribution in [0.1, 0.15) is 24.9 Å². The SMILES string of the molecule is CC(=O)N[C@H](CC(=O)NNC(=S)Nc1ccccc1F)c1ccccc1. The minimum Gasteiger partial charge on any atom is -0.349 e. The molecule has 0 bridgehead atoms. The summed E-state index contributed by atoms with van der Waals surface area (Å²) >= 11 is 5.02. The molecule has 0 saturated heterocycles. The molecule has 2 rings (SSSR count). The van der Waals surface area contributed by atoms with Crippen molar-refractivity contribution in [1.29, 1.82) is 0 Å². The molecule has 4 N–H and O–H groups in total. The van der Waals surface area contributed by atoms with E-state index in [-0.39, 0.29) is 29.0 Å². The smallest absolute Gasteiger partial charge is 0.240 e. The standard InChI is InChI=1S/C18H19FN4O2S/c1-12(24)20-16(13-7-3-2-4-8-13)11-17(25)22-23-18(26)21-15-10-6-5-9-14(15)19/h2-10,16H,11H2,1H3,(H,20,24)(H,22,25)(H2,21,23,26)/t16-/m1/s1. The van der Waals surface area contributed by atoms with Gasteiger partial charge in [-0.3, -0.25) is 20.4 Å². The van der Waals surface area contributed by atoms with E-state index in [1.807, 2.05) is 30.3 Å². The Hall–Kier alpha value is -3.00. The number of carbonyl (C=O) groups excluding carboxylic acids is 2. The summed E-state index contributed by atoms with van der Waals surface area (Å²) in [7, 11) is 0. The molecular formula is C18H19FN4O2S. The van der Waals surface area contributed by atoms with Gasteiger partial charge in [0.2, 0.25) is 11.8 Å². The molecule has 0 aliphatic rings. The number of benzene rings is 2. The van der Waals surface area contributed by atoms with Crippen molar-refractivity contribution in [3.05, 3.63) is 66.0 Å². The Balaban J connectivity index is 1.88. The van der Waals surface area contributed by atoms with Crippen LogP contribution in [0.4, 0.5) is 10.1 Å². The lowest BCUT2D eigenvalue weighted by Crippen LogP contribution is -2.45. The summed E-state index contributed by atoms with van der Waals surface area (Å²) in [5.41, 5.74) is 5.94. The highest BCUT2D eigenvalue weighted by molar-refractivity contribution is 7.80. The number of halogens is 1. The first kappa shape index (κ1) is 19.3. The number of nitrogens with one attached hydrogen (secondary N) is 4. The molecule has 2 aromatic carbocycles. The van der Waals surface area contributed by atoms with Gasteiger partial charge >= 0.3 is 0 Å². The molecule has 0 aliphatic carbocycles. The average Bonchev–Trinajstić information content (AvgIpc) is 2.62. The van der Waals surface area contributed by atoms with Crippen LogP contribution in [0.2, 0.25) is 0 Å². The van der Waals surface area contributed by atoms with Gasteiger partial charge in [-0.2, -0.15) is 0 Å². The van der Waals surface area contributed by atoms with Gasteiger partial charge in [-0.1, -0.05) is 42.5 Å². The van der Waals surface area contributed by atoms with E-state index in [2.05, 4.69) is 21.5 Å². The van der Waals surface area contributed by atoms with Crippen molar-refractivity contribution in [2.45, 2.75) is 19.4 Å². The van der Waals surface area contributed by atoms with Gasteiger partial charge in [-0.05, 0) is 29.9 Å². The van der Waals surface area contributed by atoms with Crippen LogP contribution in [0.15, 0.2) is 54.6 Å². The first-order valence-corrected chi connectivity index (χ1v) is 8.29. The number of anilines is 1. The van der Waals surface area contributed by atoms with Crippen LogP contribution in [0, 0.1) is 5.82 Å². The molecule has 0 aliphatic heterocycles. The molecule has 0 heterocycles. The quantitative estimate of drug-likeness (QED) is 0.477. The molecular weight excluding hydrogens is 355 g/mol. The minimum atomic E-state index is -0.469. The second kappa shape index (κ2) is 9.47. The minimum absolute atomic E-state index is 0.0128. The molecule has 6 nitrogen and oxygen atoms in total. The lowest BCUT2D eigenvalue weighted by atomic mass is 10.0. The topological polar surface area (TPSA) is 82.3 Å². The van der Waals surface area contributed by atoms with E-state index < -0.39 is 11.9 Å². The van der Waals surface area contributed by atoms with Crippen molar-refractivity contribution in [2.75, 3.05) is 5.32 Å². The van der Waals surface area contributed by atoms with Gasteiger partial charge in [0.05, 0.1) is 18.2 Å². The summed E-state index contributed by atoms with van der Waals surface area (Å²) in [6.45, 7) is 1.39. The molecule has 136 valence electrons. The molecule has 0 radical (unpaired) electrons. The maximum absolute atomic E-state index is 13.6. The molecule has 26 heavy (non-hydrogen) atoms. The van der Waals surface area contributed by atoms with Crippen molar-refractivity contribution in [2.24, 2.45) is 0 Å². The zero-order valence-electron chi connectivity index (χ0n) is 14.1. The van der Waals surface area contributed by atoms with E-state index in [9.17, 15) is 14.0 Å². The summed E-state index contributed by atoms with van der Waals surface area (Å²) in [5, 5.41) is 5.42. The molecule has 0 saturated carbocycles. The van der Waals surface area contributed by atoms with Crippen molar-refractivity contribution in [3.8, 4) is 0 Å². The van der Waals surface area contributed by atoms with Crippen LogP contribution in [0.5, 0.6) is 0 Å². The van der Waals surface area contributed by atoms with E-state index in [1.54, 1.807) is 12.1 Å². The maximum Gasteiger partial charge on any atom is 0.240 e. The van der Waals surface area contributed by atoms with Crippen LogP contribution in [0.3, 0.4) is 0 Å². The summed E-state index contributed by atoms with van der Waals surface area (Å²) in [6, 6.07) is 14.7. The predicted octanol–water partition coefficient (Wildman–Crippen LogP) is 2.41. The molecule has 8 heteroatoms. The maximum atomic E-state index is 13.6. The van der Waals surface area contributed by atoms with Crippen LogP contribution in [0.25, 0.3) is 0 Å². The van der Waals surface area contributed by atoms with Crippen molar-refractivity contribution < 1.29 is 14.0 Å². The second-order valence-corrected chi connectivity index (χ2v) is 5.88. The van der Waals surface area contributed by atoms with E-state index in [4.69, 9.17) is 12.2 Å². The number of carbonyl (C=O) groups is 2. The highest BCUT2D eigenvalue weighted by atomic mass is 32.1. The van der Waals surface area contributed by atoms with E-state index in [0.29, 0.717) is 0 Å². The Morgan fingerprint density at radius 3 is 2.35 bits per heavy atom. The normalized spacial score (nSPS) is 11.2. The van der Waals surface area contributed by atoms with Gasteiger partial charge in [-0.15, -0.1) is 0 Å². The van der Waals surface area contributed by atoms with Crippen molar-refractivity contribution >= 4 is 34.8 Å².